The van der Waals surface area contributed by atoms with Crippen LogP contribution in [0.25, 0.3) is 0 Å². The third kappa shape index (κ3) is 6.21. The lowest BCUT2D eigenvalue weighted by molar-refractivity contribution is 0.0955. The zero-order chi connectivity index (χ0) is 20.8. The van der Waals surface area contributed by atoms with Gasteiger partial charge < -0.3 is 4.74 Å². The van der Waals surface area contributed by atoms with Crippen molar-refractivity contribution in [2.45, 2.75) is 6.61 Å². The lowest BCUT2D eigenvalue weighted by Crippen LogP contribution is -2.17. The van der Waals surface area contributed by atoms with Crippen LogP contribution in [0, 0.1) is 0 Å². The molecular weight excluding hydrogens is 499 g/mol. The van der Waals surface area contributed by atoms with E-state index in [9.17, 15) is 4.79 Å². The largest absolute Gasteiger partial charge is 0.488 e. The minimum absolute atomic E-state index is 0.260. The van der Waals surface area contributed by atoms with Crippen molar-refractivity contribution in [3.8, 4) is 5.75 Å². The van der Waals surface area contributed by atoms with Gasteiger partial charge in [-0.15, -0.1) is 0 Å². The number of carbonyl (C=O) groups excluding carboxylic acids is 1. The molecule has 0 fully saturated rings. The number of rotatable bonds is 6. The second kappa shape index (κ2) is 10.1. The highest BCUT2D eigenvalue weighted by molar-refractivity contribution is 9.10. The topological polar surface area (TPSA) is 50.7 Å². The van der Waals surface area contributed by atoms with Gasteiger partial charge in [0.2, 0.25) is 0 Å². The summed E-state index contributed by atoms with van der Waals surface area (Å²) < 4.78 is 6.73. The van der Waals surface area contributed by atoms with E-state index in [1.165, 1.54) is 6.21 Å². The molecule has 0 aliphatic heterocycles. The van der Waals surface area contributed by atoms with E-state index in [1.807, 2.05) is 18.2 Å². The third-order valence-electron chi connectivity index (χ3n) is 3.85. The Morgan fingerprint density at radius 1 is 1.00 bits per heavy atom. The maximum Gasteiger partial charge on any atom is 0.271 e. The van der Waals surface area contributed by atoms with Crippen LogP contribution in [0.1, 0.15) is 21.5 Å². The third-order valence-corrected chi connectivity index (χ3v) is 5.18. The summed E-state index contributed by atoms with van der Waals surface area (Å²) in [4.78, 5) is 12.1. The van der Waals surface area contributed by atoms with E-state index >= 15 is 0 Å². The first kappa shape index (κ1) is 21.7. The fraction of sp³-hybridized carbons (Fsp3) is 0.0476. The van der Waals surface area contributed by atoms with Crippen molar-refractivity contribution in [1.82, 2.24) is 5.43 Å². The summed E-state index contributed by atoms with van der Waals surface area (Å²) >= 11 is 21.4. The lowest BCUT2D eigenvalue weighted by atomic mass is 10.2. The molecule has 0 saturated carbocycles. The number of hydrogen-bond donors (Lipinski definition) is 1. The first-order chi connectivity index (χ1) is 13.9. The van der Waals surface area contributed by atoms with E-state index in [1.54, 1.807) is 42.5 Å². The van der Waals surface area contributed by atoms with Crippen molar-refractivity contribution in [2.24, 2.45) is 5.10 Å². The Morgan fingerprint density at radius 3 is 2.45 bits per heavy atom. The fourth-order valence-electron chi connectivity index (χ4n) is 2.37. The number of amides is 1. The molecule has 0 saturated heterocycles. The maximum atomic E-state index is 12.1. The van der Waals surface area contributed by atoms with Gasteiger partial charge in [0.25, 0.3) is 5.91 Å². The molecule has 0 aromatic heterocycles. The van der Waals surface area contributed by atoms with Gasteiger partial charge in [0.1, 0.15) is 12.4 Å². The van der Waals surface area contributed by atoms with Crippen molar-refractivity contribution >= 4 is 62.9 Å². The average Bonchev–Trinajstić information content (AvgIpc) is 2.69. The van der Waals surface area contributed by atoms with Crippen molar-refractivity contribution in [2.75, 3.05) is 0 Å². The van der Waals surface area contributed by atoms with E-state index in [0.717, 1.165) is 10.0 Å². The highest BCUT2D eigenvalue weighted by Crippen LogP contribution is 2.25. The number of hydrogen-bond acceptors (Lipinski definition) is 3. The van der Waals surface area contributed by atoms with Gasteiger partial charge in [-0.1, -0.05) is 56.8 Å². The molecule has 0 aliphatic rings. The van der Waals surface area contributed by atoms with Crippen molar-refractivity contribution in [1.29, 1.82) is 0 Å². The number of halogens is 4. The molecule has 148 valence electrons. The van der Waals surface area contributed by atoms with Crippen LogP contribution in [0.15, 0.2) is 70.2 Å². The molecule has 0 heterocycles. The summed E-state index contributed by atoms with van der Waals surface area (Å²) in [5, 5.41) is 5.67. The van der Waals surface area contributed by atoms with Crippen LogP contribution in [-0.4, -0.2) is 12.1 Å². The van der Waals surface area contributed by atoms with E-state index in [0.29, 0.717) is 31.9 Å². The Hall–Kier alpha value is -2.05. The molecule has 8 heteroatoms. The first-order valence-electron chi connectivity index (χ1n) is 8.37. The van der Waals surface area contributed by atoms with Crippen LogP contribution in [0.2, 0.25) is 15.1 Å². The Balaban J connectivity index is 1.70. The second-order valence-electron chi connectivity index (χ2n) is 5.91. The van der Waals surface area contributed by atoms with Gasteiger partial charge in [0.15, 0.2) is 0 Å². The van der Waals surface area contributed by atoms with E-state index in [-0.39, 0.29) is 12.5 Å². The molecule has 0 radical (unpaired) electrons. The Bertz CT molecular complexity index is 1060. The summed E-state index contributed by atoms with van der Waals surface area (Å²) in [6.07, 6.45) is 1.51. The monoisotopic (exact) mass is 510 g/mol. The van der Waals surface area contributed by atoms with Crippen molar-refractivity contribution in [3.05, 3.63) is 96.9 Å². The summed E-state index contributed by atoms with van der Waals surface area (Å²) in [6, 6.07) is 17.2. The van der Waals surface area contributed by atoms with E-state index in [4.69, 9.17) is 39.5 Å². The van der Waals surface area contributed by atoms with Gasteiger partial charge >= 0.3 is 0 Å². The maximum absolute atomic E-state index is 12.1. The SMILES string of the molecule is O=C(N/N=C\c1cc(Br)ccc1OCc1ccc(Cl)cc1Cl)c1ccc(Cl)cc1. The Kier molecular flexibility index (Phi) is 7.56. The standard InChI is InChI=1S/C21H14BrCl3N2O2/c22-16-4-8-20(29-12-14-3-7-18(24)10-19(14)25)15(9-16)11-26-27-21(28)13-1-5-17(23)6-2-13/h1-11H,12H2,(H,27,28)/b26-11-. The Labute approximate surface area is 191 Å². The minimum Gasteiger partial charge on any atom is -0.488 e. The van der Waals surface area contributed by atoms with E-state index < -0.39 is 0 Å². The summed E-state index contributed by atoms with van der Waals surface area (Å²) in [5.41, 5.74) is 4.42. The van der Waals surface area contributed by atoms with Gasteiger partial charge in [-0.05, 0) is 54.6 Å². The zero-order valence-corrected chi connectivity index (χ0v) is 18.7. The molecule has 3 rings (SSSR count). The number of benzene rings is 3. The van der Waals surface area contributed by atoms with Crippen LogP contribution < -0.4 is 10.2 Å². The normalized spacial score (nSPS) is 10.9. The highest BCUT2D eigenvalue weighted by atomic mass is 79.9. The summed E-state index contributed by atoms with van der Waals surface area (Å²) in [7, 11) is 0. The zero-order valence-electron chi connectivity index (χ0n) is 14.8. The first-order valence-corrected chi connectivity index (χ1v) is 10.3. The molecule has 29 heavy (non-hydrogen) atoms. The molecule has 1 amide bonds. The molecule has 0 spiro atoms. The number of hydrazone groups is 1. The van der Waals surface area contributed by atoms with Gasteiger partial charge in [-0.25, -0.2) is 5.43 Å². The predicted molar refractivity (Wildman–Crippen MR) is 121 cm³/mol. The molecule has 0 aliphatic carbocycles. The summed E-state index contributed by atoms with van der Waals surface area (Å²) in [5.74, 6) is 0.243. The van der Waals surface area contributed by atoms with E-state index in [2.05, 4.69) is 26.5 Å². The molecule has 3 aromatic carbocycles. The Morgan fingerprint density at radius 2 is 1.72 bits per heavy atom. The van der Waals surface area contributed by atoms with Crippen LogP contribution in [0.4, 0.5) is 0 Å². The fourth-order valence-corrected chi connectivity index (χ4v) is 3.34. The number of carbonyl (C=O) groups is 1. The van der Waals surface area contributed by atoms with Crippen LogP contribution in [-0.2, 0) is 6.61 Å². The van der Waals surface area contributed by atoms with Crippen LogP contribution >= 0.6 is 50.7 Å². The van der Waals surface area contributed by atoms with Gasteiger partial charge in [-0.2, -0.15) is 5.10 Å². The molecule has 0 atom stereocenters. The molecule has 3 aromatic rings. The number of ether oxygens (including phenoxy) is 1. The van der Waals surface area contributed by atoms with Crippen LogP contribution in [0.5, 0.6) is 5.75 Å². The summed E-state index contributed by atoms with van der Waals surface area (Å²) in [6.45, 7) is 0.260. The smallest absolute Gasteiger partial charge is 0.271 e. The van der Waals surface area contributed by atoms with Crippen LogP contribution in [0.3, 0.4) is 0 Å². The average molecular weight is 513 g/mol. The highest BCUT2D eigenvalue weighted by Gasteiger charge is 2.07. The lowest BCUT2D eigenvalue weighted by Gasteiger charge is -2.11. The quantitative estimate of drug-likeness (QED) is 0.293. The van der Waals surface area contributed by atoms with Gasteiger partial charge in [0.05, 0.1) is 6.21 Å². The predicted octanol–water partition coefficient (Wildman–Crippen LogP) is 6.75. The molecule has 0 bridgehead atoms. The van der Waals surface area contributed by atoms with Crippen molar-refractivity contribution in [3.63, 3.8) is 0 Å². The minimum atomic E-state index is -0.344. The molecule has 1 N–H and O–H groups in total. The number of nitrogens with zero attached hydrogens (tertiary/aromatic N) is 1. The number of nitrogens with one attached hydrogen (secondary N) is 1. The molecular formula is C21H14BrCl3N2O2. The second-order valence-corrected chi connectivity index (χ2v) is 8.11. The van der Waals surface area contributed by atoms with Gasteiger partial charge in [-0.3, -0.25) is 4.79 Å². The molecule has 4 nitrogen and oxygen atoms in total. The molecule has 0 unspecified atom stereocenters. The van der Waals surface area contributed by atoms with Gasteiger partial charge in [0, 0.05) is 36.2 Å². The van der Waals surface area contributed by atoms with Crippen molar-refractivity contribution < 1.29 is 9.53 Å².